The molecule has 0 bridgehead atoms. The largest absolute Gasteiger partial charge is 0.330 e. The number of nitrogens with one attached hydrogen (secondary N) is 1. The van der Waals surface area contributed by atoms with E-state index in [2.05, 4.69) is 4.72 Å². The van der Waals surface area contributed by atoms with E-state index in [-0.39, 0.29) is 24.4 Å². The molecule has 1 rings (SSSR count). The van der Waals surface area contributed by atoms with Crippen LogP contribution in [0.4, 0.5) is 0 Å². The predicted molar refractivity (Wildman–Crippen MR) is 72.4 cm³/mol. The van der Waals surface area contributed by atoms with E-state index in [0.717, 1.165) is 25.7 Å². The van der Waals surface area contributed by atoms with Crippen molar-refractivity contribution in [3.8, 4) is 0 Å². The Kier molecular flexibility index (Phi) is 7.58. The summed E-state index contributed by atoms with van der Waals surface area (Å²) in [6.07, 6.45) is 4.17. The first kappa shape index (κ1) is 17.1. The molecule has 0 saturated heterocycles. The predicted octanol–water partition coefficient (Wildman–Crippen LogP) is 0.712. The number of halogens is 1. The molecule has 0 aromatic heterocycles. The Labute approximate surface area is 111 Å². The van der Waals surface area contributed by atoms with Gasteiger partial charge in [-0.25, -0.2) is 0 Å². The Morgan fingerprint density at radius 2 is 1.94 bits per heavy atom. The summed E-state index contributed by atoms with van der Waals surface area (Å²) < 4.78 is 27.8. The third-order valence-corrected chi connectivity index (χ3v) is 5.05. The molecule has 104 valence electrons. The topological polar surface area (TPSA) is 75.4 Å². The van der Waals surface area contributed by atoms with Crippen LogP contribution in [0.25, 0.3) is 0 Å². The van der Waals surface area contributed by atoms with E-state index in [0.29, 0.717) is 13.1 Å². The Balaban J connectivity index is 0.00000256. The molecule has 5 nitrogen and oxygen atoms in total. The van der Waals surface area contributed by atoms with Gasteiger partial charge in [0.15, 0.2) is 0 Å². The summed E-state index contributed by atoms with van der Waals surface area (Å²) in [7, 11) is -1.74. The molecule has 0 radical (unpaired) electrons. The third-order valence-electron chi connectivity index (χ3n) is 3.37. The smallest absolute Gasteiger partial charge is 0.279 e. The SMILES string of the molecule is CCN(C)S(=O)(=O)NC1CCCCC1CN.Cl. The van der Waals surface area contributed by atoms with E-state index < -0.39 is 10.2 Å². The molecule has 3 N–H and O–H groups in total. The van der Waals surface area contributed by atoms with Gasteiger partial charge in [-0.05, 0) is 25.3 Å². The maximum atomic E-state index is 11.9. The summed E-state index contributed by atoms with van der Waals surface area (Å²) in [6.45, 7) is 2.86. The molecule has 0 heterocycles. The van der Waals surface area contributed by atoms with Crippen molar-refractivity contribution in [2.75, 3.05) is 20.1 Å². The minimum Gasteiger partial charge on any atom is -0.330 e. The molecule has 1 aliphatic rings. The minimum absolute atomic E-state index is 0. The van der Waals surface area contributed by atoms with Gasteiger partial charge in [0.05, 0.1) is 0 Å². The number of nitrogens with zero attached hydrogens (tertiary/aromatic N) is 1. The zero-order valence-electron chi connectivity index (χ0n) is 10.6. The Bertz CT molecular complexity index is 311. The lowest BCUT2D eigenvalue weighted by atomic mass is 9.85. The van der Waals surface area contributed by atoms with Gasteiger partial charge in [0, 0.05) is 19.6 Å². The fraction of sp³-hybridized carbons (Fsp3) is 1.00. The van der Waals surface area contributed by atoms with Gasteiger partial charge in [0.2, 0.25) is 0 Å². The fourth-order valence-corrected chi connectivity index (χ4v) is 3.31. The lowest BCUT2D eigenvalue weighted by Crippen LogP contribution is -2.49. The van der Waals surface area contributed by atoms with Crippen LogP contribution in [-0.4, -0.2) is 38.9 Å². The molecular formula is C10H24ClN3O2S. The Morgan fingerprint density at radius 1 is 1.35 bits per heavy atom. The van der Waals surface area contributed by atoms with Crippen LogP contribution in [0.1, 0.15) is 32.6 Å². The van der Waals surface area contributed by atoms with E-state index in [4.69, 9.17) is 5.73 Å². The van der Waals surface area contributed by atoms with Crippen LogP contribution in [0.3, 0.4) is 0 Å². The maximum absolute atomic E-state index is 11.9. The van der Waals surface area contributed by atoms with E-state index in [9.17, 15) is 8.42 Å². The van der Waals surface area contributed by atoms with Crippen molar-refractivity contribution in [2.24, 2.45) is 11.7 Å². The summed E-state index contributed by atoms with van der Waals surface area (Å²) in [5, 5.41) is 0. The molecule has 0 amide bonds. The maximum Gasteiger partial charge on any atom is 0.279 e. The molecule has 1 saturated carbocycles. The summed E-state index contributed by atoms with van der Waals surface area (Å²) in [5.41, 5.74) is 5.67. The first-order valence-corrected chi connectivity index (χ1v) is 7.39. The molecule has 0 aliphatic heterocycles. The highest BCUT2D eigenvalue weighted by molar-refractivity contribution is 7.87. The molecule has 17 heavy (non-hydrogen) atoms. The molecule has 0 aromatic carbocycles. The second-order valence-corrected chi connectivity index (χ2v) is 6.23. The van der Waals surface area contributed by atoms with Crippen LogP contribution >= 0.6 is 12.4 Å². The van der Waals surface area contributed by atoms with Crippen molar-refractivity contribution in [2.45, 2.75) is 38.6 Å². The van der Waals surface area contributed by atoms with Gasteiger partial charge in [0.25, 0.3) is 10.2 Å². The minimum atomic E-state index is -3.33. The summed E-state index contributed by atoms with van der Waals surface area (Å²) in [6, 6.07) is 0.0118. The van der Waals surface area contributed by atoms with Crippen LogP contribution in [0.15, 0.2) is 0 Å². The summed E-state index contributed by atoms with van der Waals surface area (Å²) >= 11 is 0. The van der Waals surface area contributed by atoms with Gasteiger partial charge in [0.1, 0.15) is 0 Å². The van der Waals surface area contributed by atoms with E-state index in [1.807, 2.05) is 6.92 Å². The van der Waals surface area contributed by atoms with Crippen molar-refractivity contribution in [1.82, 2.24) is 9.03 Å². The number of hydrogen-bond acceptors (Lipinski definition) is 3. The van der Waals surface area contributed by atoms with Crippen molar-refractivity contribution in [3.05, 3.63) is 0 Å². The standard InChI is InChI=1S/C10H23N3O2S.ClH/c1-3-13(2)16(14,15)12-10-7-5-4-6-9(10)8-11;/h9-10,12H,3-8,11H2,1-2H3;1H. The highest BCUT2D eigenvalue weighted by Crippen LogP contribution is 2.24. The van der Waals surface area contributed by atoms with Crippen LogP contribution in [-0.2, 0) is 10.2 Å². The second-order valence-electron chi connectivity index (χ2n) is 4.42. The number of rotatable bonds is 5. The molecule has 0 spiro atoms. The number of nitrogens with two attached hydrogens (primary N) is 1. The van der Waals surface area contributed by atoms with Gasteiger partial charge >= 0.3 is 0 Å². The normalized spacial score (nSPS) is 25.6. The quantitative estimate of drug-likeness (QED) is 0.781. The highest BCUT2D eigenvalue weighted by atomic mass is 35.5. The summed E-state index contributed by atoms with van der Waals surface area (Å²) in [5.74, 6) is 0.286. The highest BCUT2D eigenvalue weighted by Gasteiger charge is 2.29. The zero-order chi connectivity index (χ0) is 12.2. The molecule has 1 aliphatic carbocycles. The lowest BCUT2D eigenvalue weighted by molar-refractivity contribution is 0.291. The summed E-state index contributed by atoms with van der Waals surface area (Å²) in [4.78, 5) is 0. The molecule has 7 heteroatoms. The zero-order valence-corrected chi connectivity index (χ0v) is 12.2. The first-order valence-electron chi connectivity index (χ1n) is 5.95. The van der Waals surface area contributed by atoms with Crippen molar-refractivity contribution < 1.29 is 8.42 Å². The average Bonchev–Trinajstić information content (AvgIpc) is 2.28. The van der Waals surface area contributed by atoms with E-state index in [1.54, 1.807) is 7.05 Å². The molecule has 2 atom stereocenters. The van der Waals surface area contributed by atoms with Crippen molar-refractivity contribution in [1.29, 1.82) is 0 Å². The molecule has 0 aromatic rings. The van der Waals surface area contributed by atoms with Crippen molar-refractivity contribution >= 4 is 22.6 Å². The van der Waals surface area contributed by atoms with Gasteiger partial charge in [-0.1, -0.05) is 19.8 Å². The lowest BCUT2D eigenvalue weighted by Gasteiger charge is -2.32. The average molecular weight is 286 g/mol. The van der Waals surface area contributed by atoms with Gasteiger partial charge in [-0.3, -0.25) is 0 Å². The van der Waals surface area contributed by atoms with Crippen LogP contribution in [0.2, 0.25) is 0 Å². The third kappa shape index (κ3) is 4.71. The van der Waals surface area contributed by atoms with Gasteiger partial charge < -0.3 is 5.73 Å². The van der Waals surface area contributed by atoms with Gasteiger partial charge in [-0.15, -0.1) is 12.4 Å². The van der Waals surface area contributed by atoms with Crippen LogP contribution < -0.4 is 10.5 Å². The van der Waals surface area contributed by atoms with Crippen molar-refractivity contribution in [3.63, 3.8) is 0 Å². The Hall–Kier alpha value is 0.120. The Morgan fingerprint density at radius 3 is 2.47 bits per heavy atom. The van der Waals surface area contributed by atoms with Gasteiger partial charge in [-0.2, -0.15) is 17.4 Å². The molecule has 1 fully saturated rings. The number of hydrogen-bond donors (Lipinski definition) is 2. The van der Waals surface area contributed by atoms with E-state index >= 15 is 0 Å². The first-order chi connectivity index (χ1) is 7.51. The molecular weight excluding hydrogens is 262 g/mol. The van der Waals surface area contributed by atoms with E-state index in [1.165, 1.54) is 4.31 Å². The monoisotopic (exact) mass is 285 g/mol. The van der Waals surface area contributed by atoms with Crippen LogP contribution in [0, 0.1) is 5.92 Å². The molecule has 2 unspecified atom stereocenters. The van der Waals surface area contributed by atoms with Crippen LogP contribution in [0.5, 0.6) is 0 Å². The second kappa shape index (κ2) is 7.53. The fourth-order valence-electron chi connectivity index (χ4n) is 2.10.